The van der Waals surface area contributed by atoms with Crippen LogP contribution in [0, 0.1) is 23.2 Å². The van der Waals surface area contributed by atoms with Gasteiger partial charge in [0.05, 0.1) is 0 Å². The quantitative estimate of drug-likeness (QED) is 0.655. The molecule has 0 aromatic heterocycles. The maximum Gasteiger partial charge on any atom is 0.166 e. The summed E-state index contributed by atoms with van der Waals surface area (Å²) in [5.74, 6) is 3.01. The van der Waals surface area contributed by atoms with Crippen LogP contribution in [0.3, 0.4) is 0 Å². The van der Waals surface area contributed by atoms with Crippen molar-refractivity contribution in [3.8, 4) is 0 Å². The molecule has 1 unspecified atom stereocenters. The maximum atomic E-state index is 5.69. The number of benzene rings is 1. The highest BCUT2D eigenvalue weighted by molar-refractivity contribution is 7.80. The van der Waals surface area contributed by atoms with Crippen LogP contribution in [0.2, 0.25) is 0 Å². The Balaban J connectivity index is 1.34. The van der Waals surface area contributed by atoms with Crippen LogP contribution in [0.25, 0.3) is 0 Å². The summed E-state index contributed by atoms with van der Waals surface area (Å²) in [6, 6.07) is 11.2. The zero-order valence-electron chi connectivity index (χ0n) is 16.2. The van der Waals surface area contributed by atoms with Crippen LogP contribution in [0.15, 0.2) is 30.3 Å². The molecule has 2 nitrogen and oxygen atoms in total. The molecule has 0 aliphatic heterocycles. The number of hydrogen-bond acceptors (Lipinski definition) is 1. The summed E-state index contributed by atoms with van der Waals surface area (Å²) in [6.45, 7) is 3.23. The normalized spacial score (nSPS) is 33.0. The van der Waals surface area contributed by atoms with Crippen LogP contribution >= 0.6 is 12.2 Å². The smallest absolute Gasteiger partial charge is 0.166 e. The predicted molar refractivity (Wildman–Crippen MR) is 113 cm³/mol. The Morgan fingerprint density at radius 1 is 1.08 bits per heavy atom. The molecule has 142 valence electrons. The first-order valence-corrected chi connectivity index (χ1v) is 11.2. The first-order valence-electron chi connectivity index (χ1n) is 10.7. The van der Waals surface area contributed by atoms with Gasteiger partial charge in [0.25, 0.3) is 0 Å². The van der Waals surface area contributed by atoms with Crippen molar-refractivity contribution in [1.82, 2.24) is 10.6 Å². The van der Waals surface area contributed by atoms with Crippen molar-refractivity contribution in [2.75, 3.05) is 6.54 Å². The van der Waals surface area contributed by atoms with Crippen LogP contribution in [-0.2, 0) is 6.42 Å². The van der Waals surface area contributed by atoms with Crippen molar-refractivity contribution in [2.24, 2.45) is 23.2 Å². The summed E-state index contributed by atoms with van der Waals surface area (Å²) in [5, 5.41) is 8.12. The topological polar surface area (TPSA) is 24.1 Å². The summed E-state index contributed by atoms with van der Waals surface area (Å²) < 4.78 is 0. The van der Waals surface area contributed by atoms with Gasteiger partial charge in [0.1, 0.15) is 0 Å². The van der Waals surface area contributed by atoms with Gasteiger partial charge in [0.15, 0.2) is 5.11 Å². The Kier molecular flexibility index (Phi) is 5.54. The highest BCUT2D eigenvalue weighted by Gasteiger charge is 2.53. The second-order valence-corrected chi connectivity index (χ2v) is 9.67. The van der Waals surface area contributed by atoms with Crippen molar-refractivity contribution in [2.45, 2.75) is 70.8 Å². The van der Waals surface area contributed by atoms with Gasteiger partial charge in [-0.25, -0.2) is 0 Å². The van der Waals surface area contributed by atoms with Crippen LogP contribution in [-0.4, -0.2) is 17.7 Å². The number of thiocarbonyl (C=S) groups is 1. The fraction of sp³-hybridized carbons (Fsp3) is 0.696. The van der Waals surface area contributed by atoms with Gasteiger partial charge in [0.2, 0.25) is 0 Å². The molecule has 5 rings (SSSR count). The molecule has 0 radical (unpaired) electrons. The van der Waals surface area contributed by atoms with Gasteiger partial charge in [-0.05, 0) is 92.3 Å². The zero-order valence-corrected chi connectivity index (χ0v) is 17.0. The van der Waals surface area contributed by atoms with Crippen molar-refractivity contribution in [3.05, 3.63) is 35.9 Å². The molecule has 0 saturated heterocycles. The Bertz CT molecular complexity index is 577. The van der Waals surface area contributed by atoms with Crippen molar-refractivity contribution < 1.29 is 0 Å². The van der Waals surface area contributed by atoms with Gasteiger partial charge >= 0.3 is 0 Å². The lowest BCUT2D eigenvalue weighted by molar-refractivity contribution is -0.0720. The molecule has 0 spiro atoms. The van der Waals surface area contributed by atoms with E-state index < -0.39 is 0 Å². The average molecular weight is 371 g/mol. The molecule has 4 bridgehead atoms. The maximum absolute atomic E-state index is 5.69. The number of rotatable bonds is 7. The third-order valence-electron chi connectivity index (χ3n) is 7.25. The first kappa shape index (κ1) is 18.3. The Labute approximate surface area is 164 Å². The first-order chi connectivity index (χ1) is 12.7. The summed E-state index contributed by atoms with van der Waals surface area (Å²) in [6.07, 6.45) is 12.4. The van der Waals surface area contributed by atoms with Crippen molar-refractivity contribution in [3.63, 3.8) is 0 Å². The third-order valence-corrected chi connectivity index (χ3v) is 7.51. The van der Waals surface area contributed by atoms with E-state index in [0.29, 0.717) is 11.5 Å². The fourth-order valence-electron chi connectivity index (χ4n) is 6.60. The molecule has 2 N–H and O–H groups in total. The summed E-state index contributed by atoms with van der Waals surface area (Å²) in [5.41, 5.74) is 1.89. The molecule has 4 aliphatic carbocycles. The summed E-state index contributed by atoms with van der Waals surface area (Å²) >= 11 is 5.69. The molecule has 0 amide bonds. The van der Waals surface area contributed by atoms with E-state index in [4.69, 9.17) is 12.2 Å². The third kappa shape index (κ3) is 3.93. The summed E-state index contributed by atoms with van der Waals surface area (Å²) in [7, 11) is 0. The fourth-order valence-corrected chi connectivity index (χ4v) is 6.84. The standard InChI is InChI=1S/C23H34N2S/c1-2-6-21(23-14-18-11-19(15-23)13-20(12-18)16-23)25-22(26)24-10-9-17-7-4-3-5-8-17/h3-5,7-8,18-21H,2,6,9-16H2,1H3,(H2,24,25,26). The Morgan fingerprint density at radius 3 is 2.27 bits per heavy atom. The highest BCUT2D eigenvalue weighted by Crippen LogP contribution is 2.61. The zero-order chi connectivity index (χ0) is 18.0. The van der Waals surface area contributed by atoms with Gasteiger partial charge in [-0.1, -0.05) is 43.7 Å². The molecule has 0 heterocycles. The minimum Gasteiger partial charge on any atom is -0.362 e. The van der Waals surface area contributed by atoms with Crippen LogP contribution in [0.5, 0.6) is 0 Å². The molecule has 1 aromatic carbocycles. The van der Waals surface area contributed by atoms with E-state index in [9.17, 15) is 0 Å². The predicted octanol–water partition coefficient (Wildman–Crippen LogP) is 5.08. The van der Waals surface area contributed by atoms with E-state index in [1.807, 2.05) is 0 Å². The number of nitrogens with one attached hydrogen (secondary N) is 2. The second-order valence-electron chi connectivity index (χ2n) is 9.26. The molecule has 4 fully saturated rings. The SMILES string of the molecule is CCCC(NC(=S)NCCc1ccccc1)C12CC3CC(CC(C3)C1)C2. The van der Waals surface area contributed by atoms with E-state index in [1.54, 1.807) is 0 Å². The largest absolute Gasteiger partial charge is 0.362 e. The van der Waals surface area contributed by atoms with E-state index in [1.165, 1.54) is 56.9 Å². The van der Waals surface area contributed by atoms with Gasteiger partial charge < -0.3 is 10.6 Å². The van der Waals surface area contributed by atoms with E-state index in [-0.39, 0.29) is 0 Å². The minimum atomic E-state index is 0.524. The van der Waals surface area contributed by atoms with Gasteiger partial charge in [-0.3, -0.25) is 0 Å². The molecule has 4 aliphatic rings. The van der Waals surface area contributed by atoms with E-state index in [2.05, 4.69) is 47.9 Å². The monoisotopic (exact) mass is 370 g/mol. The Morgan fingerprint density at radius 2 is 1.69 bits per heavy atom. The van der Waals surface area contributed by atoms with Gasteiger partial charge in [-0.2, -0.15) is 0 Å². The molecule has 3 heteroatoms. The summed E-state index contributed by atoms with van der Waals surface area (Å²) in [4.78, 5) is 0. The lowest BCUT2D eigenvalue weighted by Gasteiger charge is -2.59. The van der Waals surface area contributed by atoms with E-state index in [0.717, 1.165) is 35.8 Å². The molecule has 1 aromatic rings. The average Bonchev–Trinajstić information content (AvgIpc) is 2.61. The second kappa shape index (κ2) is 7.88. The molecular weight excluding hydrogens is 336 g/mol. The molecule has 26 heavy (non-hydrogen) atoms. The van der Waals surface area contributed by atoms with Crippen LogP contribution in [0.1, 0.15) is 63.9 Å². The van der Waals surface area contributed by atoms with Crippen molar-refractivity contribution in [1.29, 1.82) is 0 Å². The molecular formula is C23H34N2S. The Hall–Kier alpha value is -1.09. The molecule has 4 saturated carbocycles. The van der Waals surface area contributed by atoms with Crippen LogP contribution in [0.4, 0.5) is 0 Å². The lowest BCUT2D eigenvalue weighted by Crippen LogP contribution is -2.58. The highest BCUT2D eigenvalue weighted by atomic mass is 32.1. The van der Waals surface area contributed by atoms with Crippen molar-refractivity contribution >= 4 is 17.3 Å². The minimum absolute atomic E-state index is 0.524. The van der Waals surface area contributed by atoms with Gasteiger partial charge in [0, 0.05) is 12.6 Å². The van der Waals surface area contributed by atoms with E-state index >= 15 is 0 Å². The lowest BCUT2D eigenvalue weighted by atomic mass is 9.47. The molecule has 1 atom stereocenters. The number of hydrogen-bond donors (Lipinski definition) is 2. The van der Waals surface area contributed by atoms with Crippen LogP contribution < -0.4 is 10.6 Å². The van der Waals surface area contributed by atoms with Gasteiger partial charge in [-0.15, -0.1) is 0 Å².